The first-order chi connectivity index (χ1) is 17.4. The second-order valence-corrected chi connectivity index (χ2v) is 7.79. The summed E-state index contributed by atoms with van der Waals surface area (Å²) in [6, 6.07) is 17.8. The van der Waals surface area contributed by atoms with E-state index in [0.717, 1.165) is 0 Å². The van der Waals surface area contributed by atoms with Gasteiger partial charge in [0.05, 0.1) is 34.9 Å². The van der Waals surface area contributed by atoms with Crippen LogP contribution in [-0.4, -0.2) is 24.2 Å². The van der Waals surface area contributed by atoms with Crippen LogP contribution >= 0.6 is 11.6 Å². The lowest BCUT2D eigenvalue weighted by molar-refractivity contribution is -0.384. The number of rotatable bonds is 8. The minimum atomic E-state index is -0.640. The Bertz CT molecular complexity index is 1540. The second-order valence-electron chi connectivity index (χ2n) is 7.38. The molecule has 1 aromatic heterocycles. The van der Waals surface area contributed by atoms with Crippen LogP contribution in [0.2, 0.25) is 5.02 Å². The number of fused-ring (bicyclic) bond motifs is 1. The Kier molecular flexibility index (Phi) is 7.13. The molecule has 1 N–H and O–H groups in total. The van der Waals surface area contributed by atoms with Crippen molar-refractivity contribution in [1.29, 1.82) is 5.26 Å². The summed E-state index contributed by atoms with van der Waals surface area (Å²) < 4.78 is 16.6. The van der Waals surface area contributed by atoms with Gasteiger partial charge in [0.1, 0.15) is 12.2 Å². The summed E-state index contributed by atoms with van der Waals surface area (Å²) in [4.78, 5) is 22.8. The van der Waals surface area contributed by atoms with Crippen molar-refractivity contribution < 1.29 is 23.6 Å². The van der Waals surface area contributed by atoms with Crippen LogP contribution in [-0.2, 0) is 6.61 Å². The molecule has 0 radical (unpaired) electrons. The number of hydrogen-bond acceptors (Lipinski definition) is 8. The van der Waals surface area contributed by atoms with Gasteiger partial charge in [0.2, 0.25) is 0 Å². The Morgan fingerprint density at radius 1 is 1.25 bits per heavy atom. The van der Waals surface area contributed by atoms with E-state index < -0.39 is 10.8 Å². The number of hydrazone groups is 1. The number of carbonyl (C=O) groups is 1. The zero-order chi connectivity index (χ0) is 25.7. The molecule has 0 saturated carbocycles. The molecule has 0 aliphatic heterocycles. The van der Waals surface area contributed by atoms with E-state index in [1.54, 1.807) is 36.4 Å². The van der Waals surface area contributed by atoms with Crippen LogP contribution in [0, 0.1) is 21.4 Å². The highest BCUT2D eigenvalue weighted by molar-refractivity contribution is 6.32. The fraction of sp³-hybridized carbons (Fsp3) is 0.0800. The SMILES string of the molecule is COc1cc(/C=N\NC(=O)c2cc3cc([N+](=O)[O-])ccc3o2)cc(Cl)c1OCc1ccccc1C#N. The van der Waals surface area contributed by atoms with Gasteiger partial charge in [-0.3, -0.25) is 14.9 Å². The number of amides is 1. The number of nitrogens with one attached hydrogen (secondary N) is 1. The second kappa shape index (κ2) is 10.6. The number of ether oxygens (including phenoxy) is 2. The third kappa shape index (κ3) is 5.27. The third-order valence-electron chi connectivity index (χ3n) is 5.08. The Labute approximate surface area is 209 Å². The summed E-state index contributed by atoms with van der Waals surface area (Å²) in [7, 11) is 1.45. The molecule has 0 spiro atoms. The lowest BCUT2D eigenvalue weighted by Gasteiger charge is -2.14. The largest absolute Gasteiger partial charge is 0.493 e. The van der Waals surface area contributed by atoms with Crippen molar-refractivity contribution in [3.05, 3.63) is 98.3 Å². The molecule has 0 unspecified atom stereocenters. The number of nitrogens with zero attached hydrogens (tertiary/aromatic N) is 3. The Morgan fingerprint density at radius 3 is 2.81 bits per heavy atom. The lowest BCUT2D eigenvalue weighted by atomic mass is 10.1. The zero-order valence-corrected chi connectivity index (χ0v) is 19.5. The van der Waals surface area contributed by atoms with E-state index >= 15 is 0 Å². The topological polar surface area (TPSA) is 140 Å². The summed E-state index contributed by atoms with van der Waals surface area (Å²) in [5.41, 5.74) is 4.27. The predicted octanol–water partition coefficient (Wildman–Crippen LogP) is 5.22. The van der Waals surface area contributed by atoms with Gasteiger partial charge in [0, 0.05) is 23.1 Å². The first kappa shape index (κ1) is 24.3. The van der Waals surface area contributed by atoms with Gasteiger partial charge in [-0.2, -0.15) is 10.4 Å². The van der Waals surface area contributed by atoms with Gasteiger partial charge < -0.3 is 13.9 Å². The summed E-state index contributed by atoms with van der Waals surface area (Å²) in [6.45, 7) is 0.115. The van der Waals surface area contributed by atoms with Gasteiger partial charge in [-0.05, 0) is 35.9 Å². The molecule has 0 saturated heterocycles. The maximum Gasteiger partial charge on any atom is 0.307 e. The highest BCUT2D eigenvalue weighted by Gasteiger charge is 2.15. The average Bonchev–Trinajstić information content (AvgIpc) is 3.31. The molecule has 0 atom stereocenters. The molecule has 4 rings (SSSR count). The fourth-order valence-corrected chi connectivity index (χ4v) is 3.61. The van der Waals surface area contributed by atoms with Gasteiger partial charge >= 0.3 is 5.91 Å². The molecule has 3 aromatic carbocycles. The molecule has 1 amide bonds. The maximum absolute atomic E-state index is 12.4. The van der Waals surface area contributed by atoms with Gasteiger partial charge in [-0.15, -0.1) is 0 Å². The number of nitriles is 1. The normalized spacial score (nSPS) is 10.8. The van der Waals surface area contributed by atoms with Crippen molar-refractivity contribution in [3.63, 3.8) is 0 Å². The van der Waals surface area contributed by atoms with Gasteiger partial charge in [-0.25, -0.2) is 5.43 Å². The number of furan rings is 1. The van der Waals surface area contributed by atoms with Crippen molar-refractivity contribution in [2.24, 2.45) is 5.10 Å². The number of nitro groups is 1. The summed E-state index contributed by atoms with van der Waals surface area (Å²) in [5, 5.41) is 24.7. The van der Waals surface area contributed by atoms with Crippen molar-refractivity contribution in [2.75, 3.05) is 7.11 Å². The van der Waals surface area contributed by atoms with E-state index in [-0.39, 0.29) is 23.1 Å². The third-order valence-corrected chi connectivity index (χ3v) is 5.36. The minimum Gasteiger partial charge on any atom is -0.493 e. The molecular formula is C25H17ClN4O6. The monoisotopic (exact) mass is 504 g/mol. The van der Waals surface area contributed by atoms with Crippen LogP contribution in [0.3, 0.4) is 0 Å². The van der Waals surface area contributed by atoms with Crippen molar-refractivity contribution in [3.8, 4) is 17.6 Å². The first-order valence-corrected chi connectivity index (χ1v) is 10.8. The van der Waals surface area contributed by atoms with Crippen LogP contribution in [0.1, 0.15) is 27.2 Å². The lowest BCUT2D eigenvalue weighted by Crippen LogP contribution is -2.16. The molecule has 10 nitrogen and oxygen atoms in total. The Balaban J connectivity index is 1.46. The van der Waals surface area contributed by atoms with E-state index in [2.05, 4.69) is 16.6 Å². The van der Waals surface area contributed by atoms with Crippen LogP contribution in [0.5, 0.6) is 11.5 Å². The van der Waals surface area contributed by atoms with Gasteiger partial charge in [-0.1, -0.05) is 29.8 Å². The minimum absolute atomic E-state index is 0.0559. The van der Waals surface area contributed by atoms with Crippen molar-refractivity contribution >= 4 is 40.4 Å². The van der Waals surface area contributed by atoms with Crippen LogP contribution in [0.15, 0.2) is 70.2 Å². The highest BCUT2D eigenvalue weighted by atomic mass is 35.5. The molecule has 0 fully saturated rings. The first-order valence-electron chi connectivity index (χ1n) is 10.4. The molecular weight excluding hydrogens is 488 g/mol. The molecule has 0 aliphatic rings. The number of methoxy groups -OCH3 is 1. The fourth-order valence-electron chi connectivity index (χ4n) is 3.34. The van der Waals surface area contributed by atoms with E-state index in [0.29, 0.717) is 39.2 Å². The Morgan fingerprint density at radius 2 is 2.06 bits per heavy atom. The van der Waals surface area contributed by atoms with Crippen molar-refractivity contribution in [2.45, 2.75) is 6.61 Å². The smallest absolute Gasteiger partial charge is 0.307 e. The quantitative estimate of drug-likeness (QED) is 0.197. The van der Waals surface area contributed by atoms with Gasteiger partial charge in [0.25, 0.3) is 5.69 Å². The van der Waals surface area contributed by atoms with Crippen LogP contribution in [0.4, 0.5) is 5.69 Å². The summed E-state index contributed by atoms with van der Waals surface area (Å²) in [5.74, 6) is -0.0630. The number of carbonyl (C=O) groups excluding carboxylic acids is 1. The number of nitro benzene ring substituents is 1. The van der Waals surface area contributed by atoms with Crippen molar-refractivity contribution in [1.82, 2.24) is 5.43 Å². The van der Waals surface area contributed by atoms with Gasteiger partial charge in [0.15, 0.2) is 17.3 Å². The number of halogens is 1. The Hall–Kier alpha value is -4.88. The molecule has 1 heterocycles. The molecule has 180 valence electrons. The summed E-state index contributed by atoms with van der Waals surface area (Å²) in [6.07, 6.45) is 1.36. The highest BCUT2D eigenvalue weighted by Crippen LogP contribution is 2.36. The zero-order valence-electron chi connectivity index (χ0n) is 18.7. The van der Waals surface area contributed by atoms with E-state index in [4.69, 9.17) is 25.5 Å². The molecule has 36 heavy (non-hydrogen) atoms. The average molecular weight is 505 g/mol. The van der Waals surface area contributed by atoms with E-state index in [9.17, 15) is 20.2 Å². The molecule has 0 bridgehead atoms. The van der Waals surface area contributed by atoms with E-state index in [1.807, 2.05) is 0 Å². The number of non-ortho nitro benzene ring substituents is 1. The van der Waals surface area contributed by atoms with Crippen LogP contribution in [0.25, 0.3) is 11.0 Å². The maximum atomic E-state index is 12.4. The summed E-state index contributed by atoms with van der Waals surface area (Å²) >= 11 is 6.39. The molecule has 11 heteroatoms. The predicted molar refractivity (Wildman–Crippen MR) is 131 cm³/mol. The molecule has 0 aliphatic carbocycles. The number of hydrogen-bond donors (Lipinski definition) is 1. The standard InChI is InChI=1S/C25H17ClN4O6/c1-34-22-9-15(8-20(26)24(22)35-14-17-5-3-2-4-16(17)12-27)13-28-29-25(31)23-11-18-10-19(30(32)33)6-7-21(18)36-23/h2-11,13H,14H2,1H3,(H,29,31)/b28-13-. The van der Waals surface area contributed by atoms with E-state index in [1.165, 1.54) is 37.6 Å². The number of benzene rings is 3. The molecule has 4 aromatic rings. The van der Waals surface area contributed by atoms with Crippen LogP contribution < -0.4 is 14.9 Å².